The minimum Gasteiger partial charge on any atom is -0.474 e. The van der Waals surface area contributed by atoms with E-state index in [2.05, 4.69) is 15.1 Å². The zero-order valence-corrected chi connectivity index (χ0v) is 10.8. The van der Waals surface area contributed by atoms with Crippen molar-refractivity contribution in [1.82, 2.24) is 9.97 Å². The van der Waals surface area contributed by atoms with Crippen LogP contribution in [0, 0.1) is 0 Å². The second-order valence-corrected chi connectivity index (χ2v) is 3.38. The van der Waals surface area contributed by atoms with Gasteiger partial charge in [-0.2, -0.15) is 0 Å². The summed E-state index contributed by atoms with van der Waals surface area (Å²) in [4.78, 5) is 7.88. The molecule has 0 radical (unpaired) electrons. The summed E-state index contributed by atoms with van der Waals surface area (Å²) in [6, 6.07) is 0. The first kappa shape index (κ1) is 15.1. The maximum absolute atomic E-state index is 8.46. The van der Waals surface area contributed by atoms with Crippen molar-refractivity contribution in [2.24, 2.45) is 10.9 Å². The Balaban J connectivity index is 2.19. The van der Waals surface area contributed by atoms with Crippen molar-refractivity contribution in [3.8, 4) is 5.88 Å². The van der Waals surface area contributed by atoms with Gasteiger partial charge in [-0.3, -0.25) is 0 Å². The Hall–Kier alpha value is -1.93. The van der Waals surface area contributed by atoms with Crippen molar-refractivity contribution >= 4 is 5.84 Å². The first-order valence-electron chi connectivity index (χ1n) is 5.86. The molecule has 3 N–H and O–H groups in total. The molecule has 0 spiro atoms. The molecule has 0 aliphatic heterocycles. The molecule has 0 amide bonds. The highest BCUT2D eigenvalue weighted by molar-refractivity contribution is 5.94. The quantitative estimate of drug-likeness (QED) is 0.213. The fourth-order valence-electron chi connectivity index (χ4n) is 1.14. The number of rotatable bonds is 9. The van der Waals surface area contributed by atoms with E-state index in [0.29, 0.717) is 38.9 Å². The predicted molar refractivity (Wildman–Crippen MR) is 67.3 cm³/mol. The number of ether oxygens (including phenoxy) is 3. The zero-order chi connectivity index (χ0) is 13.9. The molecule has 1 heterocycles. The molecule has 1 aromatic rings. The van der Waals surface area contributed by atoms with Crippen LogP contribution < -0.4 is 10.5 Å². The van der Waals surface area contributed by atoms with Gasteiger partial charge in [0.1, 0.15) is 12.3 Å². The van der Waals surface area contributed by atoms with Crippen LogP contribution in [0.4, 0.5) is 0 Å². The summed E-state index contributed by atoms with van der Waals surface area (Å²) >= 11 is 0. The molecular formula is C11H18N4O4. The molecule has 0 unspecified atom stereocenters. The maximum atomic E-state index is 8.46. The normalized spacial score (nSPS) is 11.5. The number of amidine groups is 1. The van der Waals surface area contributed by atoms with Crippen LogP contribution >= 0.6 is 0 Å². The molecule has 0 saturated heterocycles. The third-order valence-corrected chi connectivity index (χ3v) is 2.05. The SMILES string of the molecule is CCOCCOCCOc1cnc(C(N)=NO)cn1. The minimum absolute atomic E-state index is 0.0988. The Morgan fingerprint density at radius 3 is 2.58 bits per heavy atom. The summed E-state index contributed by atoms with van der Waals surface area (Å²) < 4.78 is 15.7. The number of nitrogens with zero attached hydrogens (tertiary/aromatic N) is 3. The van der Waals surface area contributed by atoms with E-state index in [1.165, 1.54) is 12.4 Å². The minimum atomic E-state index is -0.0988. The lowest BCUT2D eigenvalue weighted by Crippen LogP contribution is -2.16. The van der Waals surface area contributed by atoms with Gasteiger partial charge in [-0.25, -0.2) is 9.97 Å². The van der Waals surface area contributed by atoms with Crippen LogP contribution in [0.2, 0.25) is 0 Å². The number of aromatic nitrogens is 2. The summed E-state index contributed by atoms with van der Waals surface area (Å²) in [5.74, 6) is 0.251. The molecule has 106 valence electrons. The molecule has 0 atom stereocenters. The third-order valence-electron chi connectivity index (χ3n) is 2.05. The lowest BCUT2D eigenvalue weighted by molar-refractivity contribution is 0.0398. The monoisotopic (exact) mass is 270 g/mol. The Morgan fingerprint density at radius 1 is 1.21 bits per heavy atom. The molecule has 1 aromatic heterocycles. The molecule has 0 saturated carbocycles. The lowest BCUT2D eigenvalue weighted by Gasteiger charge is -2.06. The summed E-state index contributed by atoms with van der Waals surface area (Å²) in [5.41, 5.74) is 5.63. The molecule has 0 fully saturated rings. The van der Waals surface area contributed by atoms with E-state index in [-0.39, 0.29) is 11.5 Å². The first-order chi connectivity index (χ1) is 9.27. The van der Waals surface area contributed by atoms with Crippen molar-refractivity contribution in [3.63, 3.8) is 0 Å². The second-order valence-electron chi connectivity index (χ2n) is 3.38. The first-order valence-corrected chi connectivity index (χ1v) is 5.86. The molecule has 0 aliphatic carbocycles. The Kier molecular flexibility index (Phi) is 7.21. The van der Waals surface area contributed by atoms with Crippen LogP contribution in [-0.2, 0) is 9.47 Å². The summed E-state index contributed by atoms with van der Waals surface area (Å²) in [7, 11) is 0. The molecule has 0 aliphatic rings. The van der Waals surface area contributed by atoms with Gasteiger partial charge in [0.15, 0.2) is 5.84 Å². The molecule has 8 heteroatoms. The van der Waals surface area contributed by atoms with Crippen LogP contribution in [0.1, 0.15) is 12.6 Å². The lowest BCUT2D eigenvalue weighted by atomic mass is 10.4. The van der Waals surface area contributed by atoms with E-state index < -0.39 is 0 Å². The smallest absolute Gasteiger partial charge is 0.232 e. The molecule has 0 bridgehead atoms. The van der Waals surface area contributed by atoms with Gasteiger partial charge in [0.05, 0.1) is 32.2 Å². The predicted octanol–water partition coefficient (Wildman–Crippen LogP) is 0.00300. The zero-order valence-electron chi connectivity index (χ0n) is 10.8. The van der Waals surface area contributed by atoms with Gasteiger partial charge in [-0.1, -0.05) is 5.16 Å². The summed E-state index contributed by atoms with van der Waals surface area (Å²) in [6.45, 7) is 4.53. The highest BCUT2D eigenvalue weighted by Gasteiger charge is 2.02. The van der Waals surface area contributed by atoms with Crippen LogP contribution in [0.5, 0.6) is 5.88 Å². The van der Waals surface area contributed by atoms with E-state index >= 15 is 0 Å². The van der Waals surface area contributed by atoms with Gasteiger partial charge in [0, 0.05) is 6.61 Å². The number of nitrogens with two attached hydrogens (primary N) is 1. The van der Waals surface area contributed by atoms with E-state index in [0.717, 1.165) is 0 Å². The van der Waals surface area contributed by atoms with Crippen molar-refractivity contribution in [2.45, 2.75) is 6.92 Å². The van der Waals surface area contributed by atoms with Gasteiger partial charge in [0.2, 0.25) is 5.88 Å². The largest absolute Gasteiger partial charge is 0.474 e. The molecular weight excluding hydrogens is 252 g/mol. The van der Waals surface area contributed by atoms with Crippen LogP contribution in [-0.4, -0.2) is 54.0 Å². The molecule has 8 nitrogen and oxygen atoms in total. The van der Waals surface area contributed by atoms with Crippen LogP contribution in [0.25, 0.3) is 0 Å². The average molecular weight is 270 g/mol. The fraction of sp³-hybridized carbons (Fsp3) is 0.545. The van der Waals surface area contributed by atoms with Gasteiger partial charge in [-0.15, -0.1) is 0 Å². The molecule has 0 aromatic carbocycles. The summed E-state index contributed by atoms with van der Waals surface area (Å²) in [5, 5.41) is 11.3. The fourth-order valence-corrected chi connectivity index (χ4v) is 1.14. The van der Waals surface area contributed by atoms with Gasteiger partial charge < -0.3 is 25.2 Å². The summed E-state index contributed by atoms with van der Waals surface area (Å²) in [6.07, 6.45) is 2.76. The molecule has 19 heavy (non-hydrogen) atoms. The van der Waals surface area contributed by atoms with E-state index in [1.54, 1.807) is 0 Å². The van der Waals surface area contributed by atoms with E-state index in [4.69, 9.17) is 25.2 Å². The van der Waals surface area contributed by atoms with Crippen molar-refractivity contribution in [1.29, 1.82) is 0 Å². The standard InChI is InChI=1S/C11H18N4O4/c1-2-17-3-4-18-5-6-19-10-8-13-9(7-14-10)11(12)15-16/h7-8,16H,2-6H2,1H3,(H2,12,15). The Labute approximate surface area is 111 Å². The van der Waals surface area contributed by atoms with E-state index in [1.807, 2.05) is 6.92 Å². The second kappa shape index (κ2) is 9.06. The highest BCUT2D eigenvalue weighted by Crippen LogP contribution is 2.03. The number of hydrogen-bond donors (Lipinski definition) is 2. The van der Waals surface area contributed by atoms with Crippen LogP contribution in [0.15, 0.2) is 17.5 Å². The van der Waals surface area contributed by atoms with Crippen molar-refractivity contribution in [2.75, 3.05) is 33.0 Å². The number of hydrogen-bond acceptors (Lipinski definition) is 7. The topological polar surface area (TPSA) is 112 Å². The average Bonchev–Trinajstić information content (AvgIpc) is 2.46. The van der Waals surface area contributed by atoms with Gasteiger partial charge in [0.25, 0.3) is 0 Å². The van der Waals surface area contributed by atoms with Crippen molar-refractivity contribution in [3.05, 3.63) is 18.1 Å². The third kappa shape index (κ3) is 5.98. The van der Waals surface area contributed by atoms with Gasteiger partial charge >= 0.3 is 0 Å². The maximum Gasteiger partial charge on any atom is 0.232 e. The van der Waals surface area contributed by atoms with Crippen molar-refractivity contribution < 1.29 is 19.4 Å². The molecule has 1 rings (SSSR count). The van der Waals surface area contributed by atoms with E-state index in [9.17, 15) is 0 Å². The number of oxime groups is 1. The van der Waals surface area contributed by atoms with Crippen LogP contribution in [0.3, 0.4) is 0 Å². The highest BCUT2D eigenvalue weighted by atomic mass is 16.5. The Bertz CT molecular complexity index is 383. The Morgan fingerprint density at radius 2 is 1.95 bits per heavy atom. The van der Waals surface area contributed by atoms with Gasteiger partial charge in [-0.05, 0) is 6.92 Å².